The molecule has 0 saturated heterocycles. The van der Waals surface area contributed by atoms with Crippen LogP contribution in [0.4, 0.5) is 17.1 Å². The summed E-state index contributed by atoms with van der Waals surface area (Å²) in [4.78, 5) is 42.3. The van der Waals surface area contributed by atoms with Crippen LogP contribution in [0.15, 0.2) is 90.6 Å². The summed E-state index contributed by atoms with van der Waals surface area (Å²) in [7, 11) is 7.69. The lowest BCUT2D eigenvalue weighted by Crippen LogP contribution is -2.42. The SMILES string of the molecule is Cc1csc(CN(C)C(=O)c2cc(C(=O)N[C@@H](C)[C@H](O)Cc3ccccc3N(C)c3cncc(C(C)C)c3)cc(-c3ccc(N(C)C)cc3)c2)n1. The number of rotatable bonds is 13. The van der Waals surface area contributed by atoms with Gasteiger partial charge in [0.15, 0.2) is 0 Å². The summed E-state index contributed by atoms with van der Waals surface area (Å²) in [6, 6.07) is 22.7. The van der Waals surface area contributed by atoms with Crippen molar-refractivity contribution in [2.45, 2.75) is 58.7 Å². The third kappa shape index (κ3) is 9.19. The molecule has 0 bridgehead atoms. The van der Waals surface area contributed by atoms with Crippen LogP contribution in [0.2, 0.25) is 0 Å². The fraction of sp³-hybridized carbons (Fsp3) is 0.317. The van der Waals surface area contributed by atoms with Crippen LogP contribution in [-0.4, -0.2) is 72.1 Å². The van der Waals surface area contributed by atoms with Gasteiger partial charge in [0.25, 0.3) is 11.8 Å². The van der Waals surface area contributed by atoms with E-state index < -0.39 is 12.1 Å². The van der Waals surface area contributed by atoms with Gasteiger partial charge < -0.3 is 25.1 Å². The van der Waals surface area contributed by atoms with Crippen molar-refractivity contribution in [1.29, 1.82) is 0 Å². The zero-order valence-corrected chi connectivity index (χ0v) is 31.5. The number of hydrogen-bond acceptors (Lipinski definition) is 8. The molecule has 266 valence electrons. The van der Waals surface area contributed by atoms with Crippen LogP contribution in [0.25, 0.3) is 11.1 Å². The molecule has 2 N–H and O–H groups in total. The molecule has 0 spiro atoms. The lowest BCUT2D eigenvalue weighted by Gasteiger charge is -2.26. The maximum absolute atomic E-state index is 13.8. The number of amides is 2. The van der Waals surface area contributed by atoms with Gasteiger partial charge in [-0.25, -0.2) is 4.98 Å². The van der Waals surface area contributed by atoms with Crippen LogP contribution in [0.3, 0.4) is 0 Å². The van der Waals surface area contributed by atoms with Crippen LogP contribution in [0.5, 0.6) is 0 Å². The Bertz CT molecular complexity index is 1970. The number of aliphatic hydroxyl groups excluding tert-OH is 1. The number of para-hydroxylation sites is 1. The molecule has 0 unspecified atom stereocenters. The molecule has 0 radical (unpaired) electrons. The minimum atomic E-state index is -0.876. The number of thiazole rings is 1. The van der Waals surface area contributed by atoms with Crippen LogP contribution in [0, 0.1) is 6.92 Å². The number of aromatic nitrogens is 2. The van der Waals surface area contributed by atoms with Gasteiger partial charge in [0.1, 0.15) is 5.01 Å². The molecule has 2 amide bonds. The van der Waals surface area contributed by atoms with Gasteiger partial charge in [0.05, 0.1) is 30.6 Å². The molecule has 0 aliphatic rings. The van der Waals surface area contributed by atoms with Crippen LogP contribution in [0.1, 0.15) is 69.2 Å². The zero-order valence-electron chi connectivity index (χ0n) is 30.7. The van der Waals surface area contributed by atoms with E-state index in [9.17, 15) is 14.7 Å². The number of carbonyl (C=O) groups excluding carboxylic acids is 2. The molecule has 0 saturated carbocycles. The highest BCUT2D eigenvalue weighted by molar-refractivity contribution is 7.09. The zero-order chi connectivity index (χ0) is 36.8. The molecule has 2 heterocycles. The first-order valence-electron chi connectivity index (χ1n) is 17.2. The molecule has 5 rings (SSSR count). The fourth-order valence-electron chi connectivity index (χ4n) is 5.85. The second kappa shape index (κ2) is 16.3. The van der Waals surface area contributed by atoms with Gasteiger partial charge in [-0.1, -0.05) is 44.2 Å². The van der Waals surface area contributed by atoms with Crippen molar-refractivity contribution in [3.05, 3.63) is 124 Å². The second-order valence-electron chi connectivity index (χ2n) is 13.6. The van der Waals surface area contributed by atoms with E-state index in [0.717, 1.165) is 50.0 Å². The quantitative estimate of drug-likeness (QED) is 0.131. The molecule has 0 aliphatic carbocycles. The smallest absolute Gasteiger partial charge is 0.254 e. The first-order chi connectivity index (χ1) is 24.3. The first-order valence-corrected chi connectivity index (χ1v) is 18.0. The Kier molecular flexibility index (Phi) is 11.9. The van der Waals surface area contributed by atoms with E-state index in [2.05, 4.69) is 40.1 Å². The van der Waals surface area contributed by atoms with Crippen molar-refractivity contribution in [3.8, 4) is 11.1 Å². The molecule has 51 heavy (non-hydrogen) atoms. The van der Waals surface area contributed by atoms with Crippen molar-refractivity contribution in [3.63, 3.8) is 0 Å². The van der Waals surface area contributed by atoms with Crippen molar-refractivity contribution >= 4 is 40.2 Å². The average Bonchev–Trinajstić information content (AvgIpc) is 3.54. The molecular formula is C41H48N6O3S. The summed E-state index contributed by atoms with van der Waals surface area (Å²) in [6.07, 6.45) is 3.17. The van der Waals surface area contributed by atoms with Gasteiger partial charge in [-0.2, -0.15) is 0 Å². The second-order valence-corrected chi connectivity index (χ2v) is 14.6. The van der Waals surface area contributed by atoms with E-state index in [0.29, 0.717) is 30.0 Å². The number of carbonyl (C=O) groups is 2. The first kappa shape index (κ1) is 37.2. The van der Waals surface area contributed by atoms with Gasteiger partial charge >= 0.3 is 0 Å². The average molecular weight is 705 g/mol. The Balaban J connectivity index is 1.37. The van der Waals surface area contributed by atoms with Crippen LogP contribution < -0.4 is 15.1 Å². The van der Waals surface area contributed by atoms with E-state index in [-0.39, 0.29) is 11.8 Å². The number of pyridine rings is 1. The van der Waals surface area contributed by atoms with Gasteiger partial charge in [-0.05, 0) is 84.5 Å². The molecule has 2 atom stereocenters. The predicted molar refractivity (Wildman–Crippen MR) is 208 cm³/mol. The molecule has 5 aromatic rings. The molecule has 9 nitrogen and oxygen atoms in total. The van der Waals surface area contributed by atoms with Crippen LogP contribution in [-0.2, 0) is 13.0 Å². The van der Waals surface area contributed by atoms with Crippen LogP contribution >= 0.6 is 11.3 Å². The third-order valence-electron chi connectivity index (χ3n) is 9.06. The van der Waals surface area contributed by atoms with Gasteiger partial charge in [-0.15, -0.1) is 11.3 Å². The molecule has 0 aliphatic heterocycles. The van der Waals surface area contributed by atoms with E-state index >= 15 is 0 Å². The van der Waals surface area contributed by atoms with E-state index in [4.69, 9.17) is 0 Å². The van der Waals surface area contributed by atoms with Crippen molar-refractivity contribution < 1.29 is 14.7 Å². The summed E-state index contributed by atoms with van der Waals surface area (Å²) in [6.45, 7) is 8.37. The molecule has 2 aromatic heterocycles. The minimum Gasteiger partial charge on any atom is -0.391 e. The molecular weight excluding hydrogens is 657 g/mol. The largest absolute Gasteiger partial charge is 0.391 e. The summed E-state index contributed by atoms with van der Waals surface area (Å²) in [5, 5.41) is 17.2. The monoisotopic (exact) mass is 704 g/mol. The number of hydrogen-bond donors (Lipinski definition) is 2. The van der Waals surface area contributed by atoms with E-state index in [1.165, 1.54) is 11.3 Å². The number of nitrogens with zero attached hydrogens (tertiary/aromatic N) is 5. The van der Waals surface area contributed by atoms with Gasteiger partial charge in [-0.3, -0.25) is 14.6 Å². The van der Waals surface area contributed by atoms with Crippen molar-refractivity contribution in [2.24, 2.45) is 0 Å². The maximum Gasteiger partial charge on any atom is 0.254 e. The Morgan fingerprint density at radius 3 is 2.24 bits per heavy atom. The summed E-state index contributed by atoms with van der Waals surface area (Å²) >= 11 is 1.51. The summed E-state index contributed by atoms with van der Waals surface area (Å²) < 4.78 is 0. The lowest BCUT2D eigenvalue weighted by atomic mass is 9.97. The molecule has 3 aromatic carbocycles. The highest BCUT2D eigenvalue weighted by atomic mass is 32.1. The van der Waals surface area contributed by atoms with Crippen molar-refractivity contribution in [2.75, 3.05) is 38.0 Å². The van der Waals surface area contributed by atoms with E-state index in [1.807, 2.05) is 105 Å². The molecule has 10 heteroatoms. The minimum absolute atomic E-state index is 0.216. The Labute approximate surface area is 305 Å². The highest BCUT2D eigenvalue weighted by Gasteiger charge is 2.23. The number of benzene rings is 3. The number of aryl methyl sites for hydroxylation is 1. The molecule has 0 fully saturated rings. The highest BCUT2D eigenvalue weighted by Crippen LogP contribution is 2.30. The van der Waals surface area contributed by atoms with Gasteiger partial charge in [0, 0.05) is 74.4 Å². The number of anilines is 3. The topological polar surface area (TPSA) is 102 Å². The fourth-order valence-corrected chi connectivity index (χ4v) is 6.68. The summed E-state index contributed by atoms with van der Waals surface area (Å²) in [5.41, 5.74) is 8.31. The van der Waals surface area contributed by atoms with E-state index in [1.54, 1.807) is 31.0 Å². The standard InChI is InChI=1S/C41H48N6O3S/c1-26(2)34-20-36(23-42-22-34)47(8)37-12-10-9-11-30(37)21-38(48)28(4)44-40(49)32-17-31(29-13-15-35(16-14-29)45(5)6)18-33(19-32)41(50)46(7)24-39-43-27(3)25-51-39/h9-20,22-23,25-26,28,38,48H,21,24H2,1-8H3,(H,44,49)/t28-,38+/m0/s1. The number of aliphatic hydroxyl groups is 1. The van der Waals surface area contributed by atoms with Gasteiger partial charge in [0.2, 0.25) is 0 Å². The summed E-state index contributed by atoms with van der Waals surface area (Å²) in [5.74, 6) is -0.242. The Morgan fingerprint density at radius 1 is 0.863 bits per heavy atom. The lowest BCUT2D eigenvalue weighted by molar-refractivity contribution is 0.0785. The maximum atomic E-state index is 13.8. The third-order valence-corrected chi connectivity index (χ3v) is 10.0. The van der Waals surface area contributed by atoms with Crippen molar-refractivity contribution in [1.82, 2.24) is 20.2 Å². The number of nitrogens with one attached hydrogen (secondary N) is 1. The predicted octanol–water partition coefficient (Wildman–Crippen LogP) is 7.46. The Hall–Kier alpha value is -5.06. The normalized spacial score (nSPS) is 12.4. The Morgan fingerprint density at radius 2 is 1.57 bits per heavy atom.